The Labute approximate surface area is 77.8 Å². The lowest BCUT2D eigenvalue weighted by molar-refractivity contribution is -0.201. The predicted octanol–water partition coefficient (Wildman–Crippen LogP) is -0.0581. The number of carbonyl (C=O) groups is 2. The molecule has 0 aromatic rings. The summed E-state index contributed by atoms with van der Waals surface area (Å²) in [7, 11) is 0. The van der Waals surface area contributed by atoms with Crippen molar-refractivity contribution < 1.29 is 22.8 Å². The Morgan fingerprint density at radius 1 is 1.36 bits per heavy atom. The lowest BCUT2D eigenvalue weighted by Crippen LogP contribution is -2.73. The van der Waals surface area contributed by atoms with Gasteiger partial charge in [0.2, 0.25) is 5.91 Å². The summed E-state index contributed by atoms with van der Waals surface area (Å²) >= 11 is 0. The maximum atomic E-state index is 12.4. The Kier molecular flexibility index (Phi) is 2.31. The smallest absolute Gasteiger partial charge is 0.293 e. The zero-order valence-corrected chi connectivity index (χ0v) is 7.53. The van der Waals surface area contributed by atoms with Gasteiger partial charge in [-0.1, -0.05) is 0 Å². The molecule has 2 unspecified atom stereocenters. The quantitative estimate of drug-likeness (QED) is 0.551. The van der Waals surface area contributed by atoms with Crippen molar-refractivity contribution in [3.8, 4) is 0 Å². The van der Waals surface area contributed by atoms with E-state index in [1.165, 1.54) is 6.92 Å². The minimum atomic E-state index is -4.73. The summed E-state index contributed by atoms with van der Waals surface area (Å²) < 4.78 is 37.3. The van der Waals surface area contributed by atoms with Crippen molar-refractivity contribution in [2.75, 3.05) is 0 Å². The van der Waals surface area contributed by atoms with Crippen LogP contribution in [-0.4, -0.2) is 29.6 Å². The standard InChI is InChI=1S/C7H9F3N2O2/c1-3-4(13)11-5(14)6(2,12-3)7(8,9)10/h3,12H,1-2H3,(H,11,13,14). The molecule has 7 heteroatoms. The van der Waals surface area contributed by atoms with Crippen LogP contribution in [0.1, 0.15) is 13.8 Å². The molecule has 2 N–H and O–H groups in total. The van der Waals surface area contributed by atoms with Crippen LogP contribution in [0.15, 0.2) is 0 Å². The molecule has 0 aliphatic carbocycles. The van der Waals surface area contributed by atoms with Crippen LogP contribution in [0.5, 0.6) is 0 Å². The Morgan fingerprint density at radius 2 is 1.86 bits per heavy atom. The van der Waals surface area contributed by atoms with E-state index in [2.05, 4.69) is 0 Å². The molecule has 1 saturated heterocycles. The highest BCUT2D eigenvalue weighted by atomic mass is 19.4. The SMILES string of the molecule is CC1NC(C)(C(F)(F)F)C(=O)NC1=O. The van der Waals surface area contributed by atoms with Crippen molar-refractivity contribution in [1.29, 1.82) is 0 Å². The van der Waals surface area contributed by atoms with Crippen LogP contribution in [0.25, 0.3) is 0 Å². The van der Waals surface area contributed by atoms with Gasteiger partial charge in [0.25, 0.3) is 5.91 Å². The summed E-state index contributed by atoms with van der Waals surface area (Å²) in [6.45, 7) is 1.96. The third kappa shape index (κ3) is 1.47. The van der Waals surface area contributed by atoms with E-state index in [9.17, 15) is 22.8 Å². The van der Waals surface area contributed by atoms with E-state index in [0.29, 0.717) is 6.92 Å². The van der Waals surface area contributed by atoms with Crippen LogP contribution in [-0.2, 0) is 9.59 Å². The van der Waals surface area contributed by atoms with Crippen LogP contribution >= 0.6 is 0 Å². The maximum absolute atomic E-state index is 12.4. The molecule has 1 aliphatic rings. The van der Waals surface area contributed by atoms with E-state index >= 15 is 0 Å². The largest absolute Gasteiger partial charge is 0.415 e. The fourth-order valence-electron chi connectivity index (χ4n) is 1.12. The molecule has 0 aromatic carbocycles. The van der Waals surface area contributed by atoms with Crippen LogP contribution in [0.2, 0.25) is 0 Å². The van der Waals surface area contributed by atoms with Gasteiger partial charge >= 0.3 is 6.18 Å². The molecule has 4 nitrogen and oxygen atoms in total. The molecule has 2 amide bonds. The molecule has 1 rings (SSSR count). The van der Waals surface area contributed by atoms with Crippen molar-refractivity contribution in [2.45, 2.75) is 31.6 Å². The number of piperazine rings is 1. The van der Waals surface area contributed by atoms with Gasteiger partial charge in [-0.2, -0.15) is 13.2 Å². The highest BCUT2D eigenvalue weighted by Crippen LogP contribution is 2.32. The summed E-state index contributed by atoms with van der Waals surface area (Å²) in [6.07, 6.45) is -4.73. The van der Waals surface area contributed by atoms with Crippen LogP contribution < -0.4 is 10.6 Å². The van der Waals surface area contributed by atoms with Crippen molar-refractivity contribution in [2.24, 2.45) is 0 Å². The summed E-state index contributed by atoms with van der Waals surface area (Å²) in [4.78, 5) is 21.9. The molecular formula is C7H9F3N2O2. The van der Waals surface area contributed by atoms with Gasteiger partial charge in [-0.15, -0.1) is 0 Å². The summed E-state index contributed by atoms with van der Waals surface area (Å²) in [5, 5.41) is 3.61. The van der Waals surface area contributed by atoms with Gasteiger partial charge in [0.1, 0.15) is 0 Å². The van der Waals surface area contributed by atoms with Crippen molar-refractivity contribution >= 4 is 11.8 Å². The minimum absolute atomic E-state index is 0.700. The molecular weight excluding hydrogens is 201 g/mol. The van der Waals surface area contributed by atoms with E-state index in [4.69, 9.17) is 0 Å². The van der Waals surface area contributed by atoms with Crippen molar-refractivity contribution in [3.63, 3.8) is 0 Å². The molecule has 0 bridgehead atoms. The number of nitrogens with one attached hydrogen (secondary N) is 2. The Morgan fingerprint density at radius 3 is 2.29 bits per heavy atom. The summed E-state index contributed by atoms with van der Waals surface area (Å²) in [5.74, 6) is -2.12. The number of imide groups is 1. The molecule has 0 aromatic heterocycles. The average molecular weight is 210 g/mol. The number of hydrogen-bond donors (Lipinski definition) is 2. The second-order valence-electron chi connectivity index (χ2n) is 3.31. The highest BCUT2D eigenvalue weighted by molar-refractivity contribution is 6.04. The van der Waals surface area contributed by atoms with E-state index in [0.717, 1.165) is 0 Å². The van der Waals surface area contributed by atoms with Crippen LogP contribution in [0.4, 0.5) is 13.2 Å². The molecule has 14 heavy (non-hydrogen) atoms. The third-order valence-electron chi connectivity index (χ3n) is 2.16. The number of hydrogen-bond acceptors (Lipinski definition) is 3. The van der Waals surface area contributed by atoms with Gasteiger partial charge in [0, 0.05) is 0 Å². The molecule has 1 aliphatic heterocycles. The maximum Gasteiger partial charge on any atom is 0.415 e. The molecule has 0 saturated carbocycles. The Hall–Kier alpha value is -1.11. The van der Waals surface area contributed by atoms with E-state index in [1.54, 1.807) is 5.32 Å². The van der Waals surface area contributed by atoms with Crippen LogP contribution in [0, 0.1) is 0 Å². The Bertz CT molecular complexity index is 289. The first-order valence-corrected chi connectivity index (χ1v) is 3.88. The van der Waals surface area contributed by atoms with Crippen molar-refractivity contribution in [1.82, 2.24) is 10.6 Å². The number of carbonyl (C=O) groups excluding carboxylic acids is 2. The summed E-state index contributed by atoms with van der Waals surface area (Å²) in [5.41, 5.74) is -2.69. The topological polar surface area (TPSA) is 58.2 Å². The predicted molar refractivity (Wildman–Crippen MR) is 40.2 cm³/mol. The Balaban J connectivity index is 3.01. The number of alkyl halides is 3. The zero-order valence-electron chi connectivity index (χ0n) is 7.53. The second kappa shape index (κ2) is 2.94. The number of amides is 2. The molecule has 2 atom stereocenters. The van der Waals surface area contributed by atoms with Gasteiger partial charge in [0.05, 0.1) is 6.04 Å². The first-order valence-electron chi connectivity index (χ1n) is 3.88. The van der Waals surface area contributed by atoms with E-state index in [-0.39, 0.29) is 0 Å². The first kappa shape index (κ1) is 11.0. The van der Waals surface area contributed by atoms with Gasteiger partial charge in [0.15, 0.2) is 5.54 Å². The highest BCUT2D eigenvalue weighted by Gasteiger charge is 2.60. The first-order chi connectivity index (χ1) is 6.18. The zero-order chi connectivity index (χ0) is 11.1. The monoisotopic (exact) mass is 210 g/mol. The molecule has 1 heterocycles. The number of halogens is 3. The molecule has 80 valence electrons. The lowest BCUT2D eigenvalue weighted by atomic mass is 9.96. The van der Waals surface area contributed by atoms with E-state index < -0.39 is 29.6 Å². The normalized spacial score (nSPS) is 34.2. The van der Waals surface area contributed by atoms with Crippen LogP contribution in [0.3, 0.4) is 0 Å². The minimum Gasteiger partial charge on any atom is -0.293 e. The van der Waals surface area contributed by atoms with Gasteiger partial charge in [-0.25, -0.2) is 0 Å². The fraction of sp³-hybridized carbons (Fsp3) is 0.714. The lowest BCUT2D eigenvalue weighted by Gasteiger charge is -2.37. The van der Waals surface area contributed by atoms with Gasteiger partial charge in [-0.3, -0.25) is 20.2 Å². The van der Waals surface area contributed by atoms with Gasteiger partial charge in [-0.05, 0) is 13.8 Å². The van der Waals surface area contributed by atoms with E-state index in [1.807, 2.05) is 5.32 Å². The van der Waals surface area contributed by atoms with Gasteiger partial charge < -0.3 is 0 Å². The second-order valence-corrected chi connectivity index (χ2v) is 3.31. The number of rotatable bonds is 0. The molecule has 0 spiro atoms. The average Bonchev–Trinajstić information content (AvgIpc) is 1.99. The molecule has 0 radical (unpaired) electrons. The fourth-order valence-corrected chi connectivity index (χ4v) is 1.12. The van der Waals surface area contributed by atoms with Crippen molar-refractivity contribution in [3.05, 3.63) is 0 Å². The third-order valence-corrected chi connectivity index (χ3v) is 2.16. The summed E-state index contributed by atoms with van der Waals surface area (Å²) in [6, 6.07) is -1.04. The molecule has 1 fully saturated rings.